The Bertz CT molecular complexity index is 504. The summed E-state index contributed by atoms with van der Waals surface area (Å²) in [6.07, 6.45) is 0. The smallest absolute Gasteiger partial charge is 0.148 e. The minimum atomic E-state index is 0.205. The lowest BCUT2D eigenvalue weighted by Crippen LogP contribution is -2.14. The Balaban J connectivity index is 2.55. The first-order valence-corrected chi connectivity index (χ1v) is 4.90. The molecule has 0 atom stereocenters. The number of nitrogens with zero attached hydrogens (tertiary/aromatic N) is 3. The predicted octanol–water partition coefficient (Wildman–Crippen LogP) is 1.23. The van der Waals surface area contributed by atoms with E-state index in [9.17, 15) is 5.11 Å². The predicted molar refractivity (Wildman–Crippen MR) is 64.0 cm³/mol. The van der Waals surface area contributed by atoms with Crippen LogP contribution in [0.15, 0.2) is 30.3 Å². The van der Waals surface area contributed by atoms with Gasteiger partial charge in [-0.1, -0.05) is 6.07 Å². The molecule has 1 heterocycles. The fourth-order valence-corrected chi connectivity index (χ4v) is 1.52. The summed E-state index contributed by atoms with van der Waals surface area (Å²) in [6, 6.07) is 8.66. The van der Waals surface area contributed by atoms with Crippen molar-refractivity contribution in [3.05, 3.63) is 30.3 Å². The quantitative estimate of drug-likeness (QED) is 0.795. The first-order valence-electron chi connectivity index (χ1n) is 4.90. The van der Waals surface area contributed by atoms with Gasteiger partial charge in [-0.15, -0.1) is 5.10 Å². The first-order chi connectivity index (χ1) is 7.58. The number of nitrogens with two attached hydrogens (primary N) is 1. The Morgan fingerprint density at radius 3 is 2.69 bits per heavy atom. The molecule has 0 aliphatic carbocycles. The molecular weight excluding hydrogens is 204 g/mol. The number of aromatic nitrogens is 2. The molecule has 0 aliphatic rings. The molecule has 0 unspecified atom stereocenters. The largest absolute Gasteiger partial charge is 0.508 e. The number of hydrogen-bond acceptors (Lipinski definition) is 4. The van der Waals surface area contributed by atoms with Gasteiger partial charge in [0.25, 0.3) is 0 Å². The molecule has 2 rings (SSSR count). The van der Waals surface area contributed by atoms with Crippen molar-refractivity contribution in [1.82, 2.24) is 9.78 Å². The Hall–Kier alpha value is -2.17. The lowest BCUT2D eigenvalue weighted by Gasteiger charge is -2.14. The van der Waals surface area contributed by atoms with Gasteiger partial charge in [-0.3, -0.25) is 0 Å². The van der Waals surface area contributed by atoms with Crippen LogP contribution in [0.5, 0.6) is 5.75 Å². The molecule has 16 heavy (non-hydrogen) atoms. The molecule has 0 amide bonds. The zero-order valence-electron chi connectivity index (χ0n) is 9.25. The molecule has 0 radical (unpaired) electrons. The van der Waals surface area contributed by atoms with Crippen LogP contribution in [0.3, 0.4) is 0 Å². The van der Waals surface area contributed by atoms with E-state index in [0.717, 1.165) is 11.5 Å². The third-order valence-corrected chi connectivity index (χ3v) is 2.24. The van der Waals surface area contributed by atoms with Gasteiger partial charge in [0.05, 0.1) is 5.69 Å². The maximum absolute atomic E-state index is 9.42. The van der Waals surface area contributed by atoms with Gasteiger partial charge in [-0.2, -0.15) is 0 Å². The normalized spacial score (nSPS) is 10.4. The molecule has 3 N–H and O–H groups in total. The average Bonchev–Trinajstić information content (AvgIpc) is 2.60. The molecule has 0 fully saturated rings. The zero-order chi connectivity index (χ0) is 11.7. The van der Waals surface area contributed by atoms with E-state index in [4.69, 9.17) is 5.73 Å². The van der Waals surface area contributed by atoms with Crippen molar-refractivity contribution in [3.8, 4) is 11.4 Å². The highest BCUT2D eigenvalue weighted by atomic mass is 16.3. The summed E-state index contributed by atoms with van der Waals surface area (Å²) in [7, 11) is 3.82. The Kier molecular flexibility index (Phi) is 2.44. The van der Waals surface area contributed by atoms with Crippen LogP contribution in [-0.2, 0) is 0 Å². The van der Waals surface area contributed by atoms with E-state index in [-0.39, 0.29) is 5.75 Å². The standard InChI is InChI=1S/C11H14N4O/c1-14(2)11-7-10(12)13-15(11)8-4-3-5-9(16)6-8/h3-7,16H,1-2H3,(H2,12,13). The van der Waals surface area contributed by atoms with Crippen LogP contribution in [0, 0.1) is 0 Å². The van der Waals surface area contributed by atoms with Gasteiger partial charge in [0.15, 0.2) is 0 Å². The fourth-order valence-electron chi connectivity index (χ4n) is 1.52. The number of rotatable bonds is 2. The van der Waals surface area contributed by atoms with Gasteiger partial charge in [-0.25, -0.2) is 4.68 Å². The molecule has 5 heteroatoms. The third kappa shape index (κ3) is 1.79. The number of anilines is 2. The SMILES string of the molecule is CN(C)c1cc(N)nn1-c1cccc(O)c1. The highest BCUT2D eigenvalue weighted by molar-refractivity contribution is 5.53. The van der Waals surface area contributed by atoms with E-state index in [1.165, 1.54) is 0 Å². The fraction of sp³-hybridized carbons (Fsp3) is 0.182. The summed E-state index contributed by atoms with van der Waals surface area (Å²) in [6.45, 7) is 0. The van der Waals surface area contributed by atoms with Crippen molar-refractivity contribution < 1.29 is 5.11 Å². The summed E-state index contributed by atoms with van der Waals surface area (Å²) in [5.74, 6) is 1.52. The summed E-state index contributed by atoms with van der Waals surface area (Å²) in [5, 5.41) is 13.6. The number of nitrogen functional groups attached to an aromatic ring is 1. The van der Waals surface area contributed by atoms with Gasteiger partial charge in [0.1, 0.15) is 17.4 Å². The number of phenolic OH excluding ortho intramolecular Hbond substituents is 1. The van der Waals surface area contributed by atoms with Crippen LogP contribution in [0.4, 0.5) is 11.6 Å². The lowest BCUT2D eigenvalue weighted by atomic mass is 10.3. The molecule has 5 nitrogen and oxygen atoms in total. The molecular formula is C11H14N4O. The Morgan fingerprint density at radius 2 is 2.06 bits per heavy atom. The number of hydrogen-bond donors (Lipinski definition) is 2. The van der Waals surface area contributed by atoms with Crippen molar-refractivity contribution in [2.45, 2.75) is 0 Å². The number of phenols is 1. The van der Waals surface area contributed by atoms with Crippen LogP contribution in [0.25, 0.3) is 5.69 Å². The minimum absolute atomic E-state index is 0.205. The Morgan fingerprint density at radius 1 is 1.31 bits per heavy atom. The van der Waals surface area contributed by atoms with Crippen molar-refractivity contribution in [2.75, 3.05) is 24.7 Å². The van der Waals surface area contributed by atoms with E-state index in [0.29, 0.717) is 5.82 Å². The van der Waals surface area contributed by atoms with Crippen molar-refractivity contribution >= 4 is 11.6 Å². The van der Waals surface area contributed by atoms with E-state index in [2.05, 4.69) is 5.10 Å². The Labute approximate surface area is 93.7 Å². The topological polar surface area (TPSA) is 67.3 Å². The molecule has 0 bridgehead atoms. The molecule has 0 aliphatic heterocycles. The third-order valence-electron chi connectivity index (χ3n) is 2.24. The van der Waals surface area contributed by atoms with Gasteiger partial charge in [0, 0.05) is 26.2 Å². The minimum Gasteiger partial charge on any atom is -0.508 e. The second-order valence-corrected chi connectivity index (χ2v) is 3.75. The second kappa shape index (κ2) is 3.77. The van der Waals surface area contributed by atoms with Crippen LogP contribution < -0.4 is 10.6 Å². The number of benzene rings is 1. The molecule has 0 saturated heterocycles. The highest BCUT2D eigenvalue weighted by Gasteiger charge is 2.09. The molecule has 1 aromatic heterocycles. The first kappa shape index (κ1) is 10.4. The van der Waals surface area contributed by atoms with Gasteiger partial charge in [0.2, 0.25) is 0 Å². The number of aromatic hydroxyl groups is 1. The summed E-state index contributed by atoms with van der Waals surface area (Å²) >= 11 is 0. The molecule has 1 aromatic carbocycles. The maximum Gasteiger partial charge on any atom is 0.148 e. The van der Waals surface area contributed by atoms with Crippen LogP contribution in [0.2, 0.25) is 0 Å². The van der Waals surface area contributed by atoms with Crippen molar-refractivity contribution in [3.63, 3.8) is 0 Å². The van der Waals surface area contributed by atoms with Crippen molar-refractivity contribution in [2.24, 2.45) is 0 Å². The summed E-state index contributed by atoms with van der Waals surface area (Å²) in [5.41, 5.74) is 6.45. The summed E-state index contributed by atoms with van der Waals surface area (Å²) in [4.78, 5) is 1.91. The molecule has 2 aromatic rings. The summed E-state index contributed by atoms with van der Waals surface area (Å²) < 4.78 is 1.69. The molecule has 84 valence electrons. The van der Waals surface area contributed by atoms with Gasteiger partial charge in [-0.05, 0) is 12.1 Å². The van der Waals surface area contributed by atoms with Gasteiger partial charge < -0.3 is 15.7 Å². The lowest BCUT2D eigenvalue weighted by molar-refractivity contribution is 0.475. The van der Waals surface area contributed by atoms with Crippen LogP contribution in [0.1, 0.15) is 0 Å². The van der Waals surface area contributed by atoms with Crippen molar-refractivity contribution in [1.29, 1.82) is 0 Å². The molecule has 0 spiro atoms. The van der Waals surface area contributed by atoms with E-state index < -0.39 is 0 Å². The van der Waals surface area contributed by atoms with Gasteiger partial charge >= 0.3 is 0 Å². The monoisotopic (exact) mass is 218 g/mol. The average molecular weight is 218 g/mol. The van der Waals surface area contributed by atoms with E-state index >= 15 is 0 Å². The highest BCUT2D eigenvalue weighted by Crippen LogP contribution is 2.22. The van der Waals surface area contributed by atoms with Crippen LogP contribution >= 0.6 is 0 Å². The zero-order valence-corrected chi connectivity index (χ0v) is 9.25. The molecule has 0 saturated carbocycles. The maximum atomic E-state index is 9.42. The van der Waals surface area contributed by atoms with Crippen LogP contribution in [-0.4, -0.2) is 29.0 Å². The second-order valence-electron chi connectivity index (χ2n) is 3.75. The van der Waals surface area contributed by atoms with E-state index in [1.807, 2.05) is 25.1 Å². The van der Waals surface area contributed by atoms with E-state index in [1.54, 1.807) is 28.9 Å².